The number of aliphatic carboxylic acids is 1. The maximum atomic E-state index is 13.8. The number of ether oxygens (including phenoxy) is 4. The number of carbonyl (C=O) groups excluding carboxylic acids is 6. The predicted octanol–water partition coefficient (Wildman–Crippen LogP) is 7.50. The quantitative estimate of drug-likeness (QED) is 0.0183. The van der Waals surface area contributed by atoms with Crippen LogP contribution in [-0.4, -0.2) is 185 Å². The zero-order chi connectivity index (χ0) is 70.8. The molecule has 1 saturated heterocycles. The number of para-hydroxylation sites is 2. The van der Waals surface area contributed by atoms with Crippen LogP contribution in [0.4, 0.5) is 21.4 Å². The SMILES string of the molecule is Cc1c(-c2ccc(N3CCc4cccc(C(=O)Nc5nc6ccccc6s5)c4C3)nc2C(=O)O)cnn1CC12CC3(C)CC(C)(C1)CC(OCCN(C)C(=O)OC/C=C/c1cccc(O[C@@H]4O[C@H](C(=O)O)[C@@H](O)[C@H](O)[C@H]4O)c1NC(=O)CCNC(=O)CCCCCN1C(=O)C=CC1=O)(C3)C2. The molecule has 7 atom stereocenters. The number of aromatic carboxylic acids is 1. The summed E-state index contributed by atoms with van der Waals surface area (Å²) in [6, 6.07) is 21.5. The van der Waals surface area contributed by atoms with E-state index in [2.05, 4.69) is 34.8 Å². The Labute approximate surface area is 580 Å². The van der Waals surface area contributed by atoms with Crippen LogP contribution in [0.5, 0.6) is 5.75 Å². The third-order valence-electron chi connectivity index (χ3n) is 20.0. The normalized spacial score (nSPS) is 25.1. The van der Waals surface area contributed by atoms with E-state index in [1.165, 1.54) is 52.7 Å². The number of anilines is 3. The lowest BCUT2D eigenvalue weighted by Gasteiger charge is -2.69. The molecular formula is C72H82N10O17S. The minimum absolute atomic E-state index is 0.0136. The highest BCUT2D eigenvalue weighted by Gasteiger charge is 2.66. The number of carbonyl (C=O) groups is 8. The lowest BCUT2D eigenvalue weighted by Crippen LogP contribution is -2.64. The Morgan fingerprint density at radius 3 is 2.32 bits per heavy atom. The average molecular weight is 1390 g/mol. The van der Waals surface area contributed by atoms with E-state index in [1.807, 2.05) is 59.0 Å². The molecule has 4 bridgehead atoms. The summed E-state index contributed by atoms with van der Waals surface area (Å²) in [5, 5.41) is 65.9. The van der Waals surface area contributed by atoms with Crippen LogP contribution >= 0.6 is 11.3 Å². The lowest BCUT2D eigenvalue weighted by molar-refractivity contribution is -0.271. The van der Waals surface area contributed by atoms with Gasteiger partial charge in [-0.05, 0) is 135 Å². The van der Waals surface area contributed by atoms with Crippen LogP contribution in [0.3, 0.4) is 0 Å². The first kappa shape index (κ1) is 70.4. The van der Waals surface area contributed by atoms with E-state index in [-0.39, 0.29) is 103 Å². The van der Waals surface area contributed by atoms with Gasteiger partial charge in [-0.25, -0.2) is 24.4 Å². The van der Waals surface area contributed by atoms with E-state index in [0.717, 1.165) is 70.5 Å². The van der Waals surface area contributed by atoms with Crippen molar-refractivity contribution in [2.75, 3.05) is 62.0 Å². The largest absolute Gasteiger partial charge is 0.479 e. The molecule has 13 rings (SSSR count). The first-order chi connectivity index (χ1) is 47.8. The van der Waals surface area contributed by atoms with Crippen molar-refractivity contribution in [3.05, 3.63) is 131 Å². The minimum Gasteiger partial charge on any atom is -0.479 e. The number of aliphatic hydroxyl groups excluding tert-OH is 3. The summed E-state index contributed by atoms with van der Waals surface area (Å²) in [5.41, 5.74) is 4.60. The van der Waals surface area contributed by atoms with Crippen LogP contribution in [0, 0.1) is 23.2 Å². The van der Waals surface area contributed by atoms with E-state index in [1.54, 1.807) is 31.4 Å². The van der Waals surface area contributed by atoms with E-state index in [9.17, 15) is 63.9 Å². The summed E-state index contributed by atoms with van der Waals surface area (Å²) in [5.74, 6) is -4.38. The Balaban J connectivity index is 0.657. The number of fused-ring (bicyclic) bond motifs is 2. The van der Waals surface area contributed by atoms with Crippen molar-refractivity contribution < 1.29 is 82.8 Å². The number of thiazole rings is 1. The number of aliphatic hydroxyl groups is 3. The fourth-order valence-corrected chi connectivity index (χ4v) is 17.4. The van der Waals surface area contributed by atoms with Gasteiger partial charge in [0.05, 0.1) is 34.3 Å². The summed E-state index contributed by atoms with van der Waals surface area (Å²) >= 11 is 1.41. The van der Waals surface area contributed by atoms with Crippen LogP contribution in [0.15, 0.2) is 97.2 Å². The van der Waals surface area contributed by atoms with Crippen LogP contribution in [0.2, 0.25) is 0 Å². The lowest BCUT2D eigenvalue weighted by atomic mass is 9.39. The second-order valence-electron chi connectivity index (χ2n) is 28.0. The Morgan fingerprint density at radius 1 is 0.810 bits per heavy atom. The van der Waals surface area contributed by atoms with Crippen LogP contribution in [-0.2, 0) is 57.7 Å². The molecule has 6 aromatic rings. The van der Waals surface area contributed by atoms with Crippen LogP contribution < -0.4 is 25.6 Å². The van der Waals surface area contributed by atoms with Gasteiger partial charge in [-0.3, -0.25) is 38.9 Å². The molecule has 8 N–H and O–H groups in total. The number of imide groups is 1. The number of likely N-dealkylation sites (N-methyl/N-ethyl adjacent to an activating group) is 1. The molecule has 7 aliphatic rings. The van der Waals surface area contributed by atoms with Gasteiger partial charge in [0.2, 0.25) is 18.1 Å². The molecule has 5 fully saturated rings. The van der Waals surface area contributed by atoms with Gasteiger partial charge in [0.25, 0.3) is 17.7 Å². The number of amides is 6. The number of nitrogens with one attached hydrogen (secondary N) is 3. The fourth-order valence-electron chi connectivity index (χ4n) is 16.5. The van der Waals surface area contributed by atoms with Gasteiger partial charge in [0, 0.05) is 99.3 Å². The average Bonchev–Trinajstić information content (AvgIpc) is 0.705. The van der Waals surface area contributed by atoms with Crippen molar-refractivity contribution in [3.8, 4) is 16.9 Å². The molecule has 2 unspecified atom stereocenters. The molecule has 0 radical (unpaired) electrons. The molecule has 3 aliphatic heterocycles. The second kappa shape index (κ2) is 29.0. The number of hydrogen-bond donors (Lipinski definition) is 8. The highest BCUT2D eigenvalue weighted by molar-refractivity contribution is 7.22. The van der Waals surface area contributed by atoms with Crippen LogP contribution in [0.1, 0.15) is 128 Å². The zero-order valence-electron chi connectivity index (χ0n) is 56.0. The fraction of sp³-hybridized carbons (Fsp3) is 0.458. The molecule has 4 aliphatic carbocycles. The standard InChI is InChI=1S/C72H82N10O17S/c1-42-47(45-21-22-52(76-58(45)64(91)92)80-29-26-43-13-10-16-46(48(43)34-80)63(90)78-67-75-49-17-7-8-19-51(49)100-67)33-74-82(42)41-71-36-69(2)35-70(3,37-71)39-72(38-69,40-71)97-32-30-79(4)68(95)96-31-12-15-44-14-11-18-50(98-66-61(89)59(87)60(88)62(99-66)65(93)94)57(44)77-54(84)25-27-73-53(83)20-6-5-9-28-81-55(85)23-24-56(81)86/h7-8,10-19,21-24,33,59-62,66,87-89H,5-6,9,20,25-32,34-41H2,1-4H3,(H,73,83)(H,77,84)(H,91,92)(H,93,94)(H,75,78,90)/b15-12+/t59-,60-,61+,62-,66+,69?,70?,71?,72?/m0/s1. The molecule has 3 aromatic heterocycles. The van der Waals surface area contributed by atoms with Gasteiger partial charge in [0.15, 0.2) is 16.9 Å². The van der Waals surface area contributed by atoms with Gasteiger partial charge in [0.1, 0.15) is 36.5 Å². The Bertz CT molecular complexity index is 4180. The first-order valence-electron chi connectivity index (χ1n) is 33.6. The van der Waals surface area contributed by atoms with Gasteiger partial charge in [-0.1, -0.05) is 74.1 Å². The smallest absolute Gasteiger partial charge is 0.409 e. The number of carboxylic acid groups (broad SMARTS) is 2. The molecule has 0 spiro atoms. The third kappa shape index (κ3) is 15.3. The van der Waals surface area contributed by atoms with Gasteiger partial charge in [-0.15, -0.1) is 0 Å². The molecule has 27 nitrogen and oxygen atoms in total. The van der Waals surface area contributed by atoms with Gasteiger partial charge < -0.3 is 64.9 Å². The number of unbranched alkanes of at least 4 members (excludes halogenated alkanes) is 2. The molecule has 4 saturated carbocycles. The van der Waals surface area contributed by atoms with Crippen molar-refractivity contribution in [1.29, 1.82) is 0 Å². The molecule has 6 amide bonds. The maximum Gasteiger partial charge on any atom is 0.409 e. The topological polar surface area (TPSA) is 364 Å². The van der Waals surface area contributed by atoms with Crippen LogP contribution in [0.25, 0.3) is 27.4 Å². The van der Waals surface area contributed by atoms with Crippen molar-refractivity contribution in [2.45, 2.75) is 147 Å². The summed E-state index contributed by atoms with van der Waals surface area (Å²) in [7, 11) is 1.61. The van der Waals surface area contributed by atoms with Gasteiger partial charge >= 0.3 is 18.0 Å². The van der Waals surface area contributed by atoms with E-state index in [0.29, 0.717) is 78.5 Å². The number of carboxylic acids is 2. The Kier molecular flexibility index (Phi) is 20.4. The summed E-state index contributed by atoms with van der Waals surface area (Å²) < 4.78 is 26.9. The van der Waals surface area contributed by atoms with Crippen molar-refractivity contribution in [1.82, 2.24) is 34.9 Å². The van der Waals surface area contributed by atoms with Crippen molar-refractivity contribution in [3.63, 3.8) is 0 Å². The Hall–Kier alpha value is -9.45. The molecular weight excluding hydrogens is 1310 g/mol. The summed E-state index contributed by atoms with van der Waals surface area (Å²) in [4.78, 5) is 116. The Morgan fingerprint density at radius 2 is 1.57 bits per heavy atom. The van der Waals surface area contributed by atoms with Crippen molar-refractivity contribution >= 4 is 91.8 Å². The highest BCUT2D eigenvalue weighted by atomic mass is 32.1. The van der Waals surface area contributed by atoms with Gasteiger partial charge in [-0.2, -0.15) is 5.10 Å². The number of benzene rings is 3. The highest BCUT2D eigenvalue weighted by Crippen LogP contribution is 2.72. The number of aromatic nitrogens is 4. The summed E-state index contributed by atoms with van der Waals surface area (Å²) in [6.07, 6.45) is 4.43. The van der Waals surface area contributed by atoms with E-state index >= 15 is 0 Å². The molecule has 100 heavy (non-hydrogen) atoms. The molecule has 6 heterocycles. The number of pyridine rings is 1. The summed E-state index contributed by atoms with van der Waals surface area (Å²) in [6.45, 7) is 8.55. The number of hydrogen-bond acceptors (Lipinski definition) is 20. The predicted molar refractivity (Wildman–Crippen MR) is 366 cm³/mol. The molecule has 528 valence electrons. The first-order valence-corrected chi connectivity index (χ1v) is 34.4. The third-order valence-corrected chi connectivity index (χ3v) is 20.9. The number of rotatable bonds is 27. The minimum atomic E-state index is -1.99. The van der Waals surface area contributed by atoms with Crippen molar-refractivity contribution in [2.24, 2.45) is 16.2 Å². The molecule has 3 aromatic carbocycles. The molecule has 28 heteroatoms. The van der Waals surface area contributed by atoms with E-state index in [4.69, 9.17) is 29.0 Å². The zero-order valence-corrected chi connectivity index (χ0v) is 56.8. The number of nitrogens with zero attached hydrogens (tertiary/aromatic N) is 7. The van der Waals surface area contributed by atoms with E-state index < -0.39 is 60.2 Å². The monoisotopic (exact) mass is 1390 g/mol. The maximum absolute atomic E-state index is 13.8. The second-order valence-corrected chi connectivity index (χ2v) is 29.1.